The van der Waals surface area contributed by atoms with Gasteiger partial charge in [-0.15, -0.1) is 0 Å². The third-order valence-electron chi connectivity index (χ3n) is 6.06. The molecule has 1 amide bonds. The molecular formula is C24H31N3O4S. The van der Waals surface area contributed by atoms with Gasteiger partial charge in [0.05, 0.1) is 18.1 Å². The highest BCUT2D eigenvalue weighted by atomic mass is 32.2. The van der Waals surface area contributed by atoms with Gasteiger partial charge in [0, 0.05) is 44.0 Å². The second-order valence-corrected chi connectivity index (χ2v) is 10.2. The van der Waals surface area contributed by atoms with Crippen LogP contribution >= 0.6 is 0 Å². The van der Waals surface area contributed by atoms with Gasteiger partial charge >= 0.3 is 0 Å². The maximum absolute atomic E-state index is 13.0. The van der Waals surface area contributed by atoms with Gasteiger partial charge in [-0.1, -0.05) is 31.0 Å². The molecule has 0 spiro atoms. The van der Waals surface area contributed by atoms with Crippen molar-refractivity contribution in [3.8, 4) is 0 Å². The average molecular weight is 458 g/mol. The summed E-state index contributed by atoms with van der Waals surface area (Å²) < 4.78 is 33.0. The molecule has 0 unspecified atom stereocenters. The zero-order chi connectivity index (χ0) is 22.4. The van der Waals surface area contributed by atoms with E-state index in [-0.39, 0.29) is 10.8 Å². The third-order valence-corrected chi connectivity index (χ3v) is 7.96. The Bertz CT molecular complexity index is 1010. The molecule has 2 saturated heterocycles. The predicted molar refractivity (Wildman–Crippen MR) is 124 cm³/mol. The molecule has 4 rings (SSSR count). The number of benzene rings is 2. The molecule has 2 aliphatic rings. The number of nitrogens with zero attached hydrogens (tertiary/aromatic N) is 2. The highest BCUT2D eigenvalue weighted by molar-refractivity contribution is 7.89. The average Bonchev–Trinajstić information content (AvgIpc) is 3.14. The standard InChI is InChI=1S/C24H31N3O4S/c28-24(25-19-20-8-10-22(11-9-20)26-14-16-31-17-15-26)21-6-5-7-23(18-21)32(29,30)27-12-3-1-2-4-13-27/h5-11,18H,1-4,12-17,19H2,(H,25,28). The minimum Gasteiger partial charge on any atom is -0.378 e. The van der Waals surface area contributed by atoms with Crippen LogP contribution in [0.3, 0.4) is 0 Å². The number of anilines is 1. The molecule has 0 atom stereocenters. The molecule has 0 bridgehead atoms. The maximum atomic E-state index is 13.0. The molecule has 2 aromatic rings. The number of carbonyl (C=O) groups excluding carboxylic acids is 1. The number of ether oxygens (including phenoxy) is 1. The van der Waals surface area contributed by atoms with Crippen LogP contribution in [0.15, 0.2) is 53.4 Å². The van der Waals surface area contributed by atoms with Crippen LogP contribution < -0.4 is 10.2 Å². The van der Waals surface area contributed by atoms with Gasteiger partial charge in [-0.2, -0.15) is 4.31 Å². The monoisotopic (exact) mass is 457 g/mol. The Morgan fingerprint density at radius 1 is 0.906 bits per heavy atom. The summed E-state index contributed by atoms with van der Waals surface area (Å²) >= 11 is 0. The van der Waals surface area contributed by atoms with Crippen molar-refractivity contribution in [2.75, 3.05) is 44.3 Å². The Morgan fingerprint density at radius 3 is 2.28 bits per heavy atom. The Morgan fingerprint density at radius 2 is 1.59 bits per heavy atom. The number of hydrogen-bond acceptors (Lipinski definition) is 5. The van der Waals surface area contributed by atoms with Crippen LogP contribution in [0.1, 0.15) is 41.6 Å². The summed E-state index contributed by atoms with van der Waals surface area (Å²) in [6.07, 6.45) is 3.87. The summed E-state index contributed by atoms with van der Waals surface area (Å²) in [5.41, 5.74) is 2.49. The number of hydrogen-bond donors (Lipinski definition) is 1. The van der Waals surface area contributed by atoms with Crippen LogP contribution in [-0.2, 0) is 21.3 Å². The normalized spacial score (nSPS) is 18.2. The number of morpholine rings is 1. The smallest absolute Gasteiger partial charge is 0.251 e. The second-order valence-electron chi connectivity index (χ2n) is 8.29. The van der Waals surface area contributed by atoms with Gasteiger partial charge < -0.3 is 15.0 Å². The van der Waals surface area contributed by atoms with Gasteiger partial charge in [-0.25, -0.2) is 8.42 Å². The molecule has 172 valence electrons. The van der Waals surface area contributed by atoms with E-state index < -0.39 is 10.0 Å². The maximum Gasteiger partial charge on any atom is 0.251 e. The van der Waals surface area contributed by atoms with E-state index in [1.54, 1.807) is 22.5 Å². The van der Waals surface area contributed by atoms with Crippen LogP contribution in [0.5, 0.6) is 0 Å². The Labute approximate surface area is 190 Å². The number of rotatable bonds is 6. The van der Waals surface area contributed by atoms with Gasteiger partial charge in [-0.3, -0.25) is 4.79 Å². The number of carbonyl (C=O) groups is 1. The lowest BCUT2D eigenvalue weighted by Crippen LogP contribution is -2.36. The summed E-state index contributed by atoms with van der Waals surface area (Å²) in [4.78, 5) is 15.2. The van der Waals surface area contributed by atoms with Crippen LogP contribution in [0.4, 0.5) is 5.69 Å². The van der Waals surface area contributed by atoms with Crippen molar-refractivity contribution in [2.45, 2.75) is 37.1 Å². The van der Waals surface area contributed by atoms with Crippen LogP contribution in [0.25, 0.3) is 0 Å². The minimum absolute atomic E-state index is 0.182. The van der Waals surface area contributed by atoms with Crippen LogP contribution in [0, 0.1) is 0 Å². The van der Waals surface area contributed by atoms with E-state index in [0.717, 1.165) is 63.2 Å². The molecule has 0 aromatic heterocycles. The van der Waals surface area contributed by atoms with E-state index >= 15 is 0 Å². The quantitative estimate of drug-likeness (QED) is 0.721. The Hall–Kier alpha value is -2.42. The highest BCUT2D eigenvalue weighted by Gasteiger charge is 2.25. The summed E-state index contributed by atoms with van der Waals surface area (Å²) in [5, 5.41) is 2.90. The molecule has 2 aromatic carbocycles. The van der Waals surface area contributed by atoms with Crippen molar-refractivity contribution < 1.29 is 17.9 Å². The van der Waals surface area contributed by atoms with Gasteiger partial charge in [0.1, 0.15) is 0 Å². The molecule has 2 heterocycles. The largest absolute Gasteiger partial charge is 0.378 e. The van der Waals surface area contributed by atoms with Crippen molar-refractivity contribution in [3.05, 3.63) is 59.7 Å². The lowest BCUT2D eigenvalue weighted by molar-refractivity contribution is 0.0950. The summed E-state index contributed by atoms with van der Waals surface area (Å²) in [5.74, 6) is -0.282. The number of nitrogens with one attached hydrogen (secondary N) is 1. The SMILES string of the molecule is O=C(NCc1ccc(N2CCOCC2)cc1)c1cccc(S(=O)(=O)N2CCCCCC2)c1. The molecule has 0 radical (unpaired) electrons. The molecule has 2 fully saturated rings. The molecule has 2 aliphatic heterocycles. The van der Waals surface area contributed by atoms with E-state index in [1.807, 2.05) is 12.1 Å². The van der Waals surface area contributed by atoms with E-state index in [0.29, 0.717) is 25.2 Å². The molecule has 1 N–H and O–H groups in total. The zero-order valence-corrected chi connectivity index (χ0v) is 19.1. The lowest BCUT2D eigenvalue weighted by Gasteiger charge is -2.28. The second kappa shape index (κ2) is 10.5. The fourth-order valence-electron chi connectivity index (χ4n) is 4.16. The van der Waals surface area contributed by atoms with E-state index in [9.17, 15) is 13.2 Å². The van der Waals surface area contributed by atoms with E-state index in [4.69, 9.17) is 4.74 Å². The molecule has 8 heteroatoms. The predicted octanol–water partition coefficient (Wildman–Crippen LogP) is 3.02. The molecule has 0 saturated carbocycles. The van der Waals surface area contributed by atoms with Gasteiger partial charge in [0.25, 0.3) is 5.91 Å². The van der Waals surface area contributed by atoms with Gasteiger partial charge in [-0.05, 0) is 48.7 Å². The fraction of sp³-hybridized carbons (Fsp3) is 0.458. The first-order valence-electron chi connectivity index (χ1n) is 11.3. The van der Waals surface area contributed by atoms with Crippen molar-refractivity contribution in [3.63, 3.8) is 0 Å². The highest BCUT2D eigenvalue weighted by Crippen LogP contribution is 2.21. The topological polar surface area (TPSA) is 79.0 Å². The van der Waals surface area contributed by atoms with Gasteiger partial charge in [0.2, 0.25) is 10.0 Å². The van der Waals surface area contributed by atoms with Gasteiger partial charge in [0.15, 0.2) is 0 Å². The molecule has 7 nitrogen and oxygen atoms in total. The fourth-order valence-corrected chi connectivity index (χ4v) is 5.72. The first kappa shape index (κ1) is 22.8. The Balaban J connectivity index is 1.38. The molecule has 32 heavy (non-hydrogen) atoms. The minimum atomic E-state index is -3.58. The zero-order valence-electron chi connectivity index (χ0n) is 18.3. The molecule has 0 aliphatic carbocycles. The third kappa shape index (κ3) is 5.49. The first-order valence-corrected chi connectivity index (χ1v) is 12.8. The van der Waals surface area contributed by atoms with Crippen molar-refractivity contribution in [1.29, 1.82) is 0 Å². The first-order chi connectivity index (χ1) is 15.5. The van der Waals surface area contributed by atoms with Crippen molar-refractivity contribution >= 4 is 21.6 Å². The number of amides is 1. The van der Waals surface area contributed by atoms with E-state index in [1.165, 1.54) is 6.07 Å². The van der Waals surface area contributed by atoms with Crippen molar-refractivity contribution in [1.82, 2.24) is 9.62 Å². The summed E-state index contributed by atoms with van der Waals surface area (Å²) in [7, 11) is -3.58. The summed E-state index contributed by atoms with van der Waals surface area (Å²) in [6.45, 7) is 4.71. The number of sulfonamides is 1. The lowest BCUT2D eigenvalue weighted by atomic mass is 10.1. The van der Waals surface area contributed by atoms with Crippen LogP contribution in [-0.4, -0.2) is 58.0 Å². The van der Waals surface area contributed by atoms with Crippen LogP contribution in [0.2, 0.25) is 0 Å². The Kier molecular flexibility index (Phi) is 7.44. The van der Waals surface area contributed by atoms with E-state index in [2.05, 4.69) is 22.3 Å². The summed E-state index contributed by atoms with van der Waals surface area (Å²) in [6, 6.07) is 14.5. The molecular weight excluding hydrogens is 426 g/mol. The van der Waals surface area contributed by atoms with Crippen molar-refractivity contribution in [2.24, 2.45) is 0 Å².